The Morgan fingerprint density at radius 3 is 2.60 bits per heavy atom. The molecule has 7 nitrogen and oxygen atoms in total. The van der Waals surface area contributed by atoms with Gasteiger partial charge >= 0.3 is 6.03 Å². The Morgan fingerprint density at radius 1 is 1.20 bits per heavy atom. The third-order valence-electron chi connectivity index (χ3n) is 3.45. The number of nitriles is 1. The number of aryl methyl sites for hydroxylation is 1. The van der Waals surface area contributed by atoms with Gasteiger partial charge in [0.1, 0.15) is 17.8 Å². The molecule has 0 aliphatic rings. The highest BCUT2D eigenvalue weighted by Gasteiger charge is 2.19. The average Bonchev–Trinajstić information content (AvgIpc) is 2.60. The highest BCUT2D eigenvalue weighted by Crippen LogP contribution is 2.11. The van der Waals surface area contributed by atoms with Crippen LogP contribution >= 0.6 is 0 Å². The molecule has 0 aliphatic carbocycles. The fraction of sp³-hybridized carbons (Fsp3) is 0.222. The third-order valence-corrected chi connectivity index (χ3v) is 3.45. The van der Waals surface area contributed by atoms with Crippen molar-refractivity contribution in [3.05, 3.63) is 53.9 Å². The molecule has 1 atom stereocenters. The van der Waals surface area contributed by atoms with Crippen molar-refractivity contribution in [3.8, 4) is 6.07 Å². The summed E-state index contributed by atoms with van der Waals surface area (Å²) in [5.74, 6) is -0.291. The third kappa shape index (κ3) is 5.32. The van der Waals surface area contributed by atoms with E-state index in [2.05, 4.69) is 20.9 Å². The number of nitrogens with one attached hydrogen (secondary N) is 3. The van der Waals surface area contributed by atoms with Gasteiger partial charge in [0.2, 0.25) is 5.91 Å². The van der Waals surface area contributed by atoms with Gasteiger partial charge in [-0.25, -0.2) is 9.78 Å². The van der Waals surface area contributed by atoms with Gasteiger partial charge in [-0.2, -0.15) is 5.26 Å². The fourth-order valence-electron chi connectivity index (χ4n) is 2.16. The van der Waals surface area contributed by atoms with Gasteiger partial charge in [0.15, 0.2) is 0 Å². The predicted molar refractivity (Wildman–Crippen MR) is 95.0 cm³/mol. The minimum absolute atomic E-state index is 0.259. The zero-order chi connectivity index (χ0) is 18.2. The maximum atomic E-state index is 12.3. The lowest BCUT2D eigenvalue weighted by atomic mass is 10.2. The number of benzene rings is 1. The van der Waals surface area contributed by atoms with Gasteiger partial charge in [-0.15, -0.1) is 0 Å². The first-order valence-electron chi connectivity index (χ1n) is 7.83. The van der Waals surface area contributed by atoms with Crippen molar-refractivity contribution >= 4 is 23.3 Å². The van der Waals surface area contributed by atoms with Crippen LogP contribution in [-0.4, -0.2) is 23.0 Å². The monoisotopic (exact) mass is 337 g/mol. The molecule has 1 aromatic carbocycles. The molecule has 0 radical (unpaired) electrons. The van der Waals surface area contributed by atoms with E-state index in [9.17, 15) is 9.59 Å². The van der Waals surface area contributed by atoms with Gasteiger partial charge in [0.25, 0.3) is 0 Å². The molecular weight excluding hydrogens is 318 g/mol. The van der Waals surface area contributed by atoms with Crippen LogP contribution in [0.4, 0.5) is 16.2 Å². The van der Waals surface area contributed by atoms with Gasteiger partial charge in [-0.3, -0.25) is 4.79 Å². The second-order valence-electron chi connectivity index (χ2n) is 5.46. The lowest BCUT2D eigenvalue weighted by Crippen LogP contribution is -2.45. The van der Waals surface area contributed by atoms with Gasteiger partial charge in [0.05, 0.1) is 11.9 Å². The summed E-state index contributed by atoms with van der Waals surface area (Å²) in [6.07, 6.45) is 1.82. The Kier molecular flexibility index (Phi) is 6.07. The highest BCUT2D eigenvalue weighted by atomic mass is 16.2. The first-order valence-corrected chi connectivity index (χ1v) is 7.83. The van der Waals surface area contributed by atoms with E-state index in [1.54, 1.807) is 12.1 Å². The summed E-state index contributed by atoms with van der Waals surface area (Å²) >= 11 is 0. The molecule has 7 heteroatoms. The lowest BCUT2D eigenvalue weighted by Gasteiger charge is -2.17. The average molecular weight is 337 g/mol. The SMILES string of the molecule is CC[C@H](NC(=O)Nc1ccc(C#N)nc1)C(=O)Nc1cccc(C)c1. The first kappa shape index (κ1) is 17.9. The number of nitrogens with zero attached hydrogens (tertiary/aromatic N) is 2. The molecule has 0 saturated carbocycles. The number of carbonyl (C=O) groups excluding carboxylic acids is 2. The van der Waals surface area contributed by atoms with Crippen LogP contribution in [0.3, 0.4) is 0 Å². The summed E-state index contributed by atoms with van der Waals surface area (Å²) in [6.45, 7) is 3.74. The number of pyridine rings is 1. The molecule has 25 heavy (non-hydrogen) atoms. The molecule has 0 saturated heterocycles. The smallest absolute Gasteiger partial charge is 0.319 e. The van der Waals surface area contributed by atoms with Crippen LogP contribution in [0.25, 0.3) is 0 Å². The molecule has 0 unspecified atom stereocenters. The van der Waals surface area contributed by atoms with Gasteiger partial charge in [-0.1, -0.05) is 19.1 Å². The van der Waals surface area contributed by atoms with Crippen molar-refractivity contribution < 1.29 is 9.59 Å². The van der Waals surface area contributed by atoms with E-state index in [-0.39, 0.29) is 11.6 Å². The van der Waals surface area contributed by atoms with E-state index in [1.807, 2.05) is 38.1 Å². The quantitative estimate of drug-likeness (QED) is 0.779. The number of hydrogen-bond acceptors (Lipinski definition) is 4. The number of amides is 3. The Bertz CT molecular complexity index is 796. The maximum absolute atomic E-state index is 12.3. The molecule has 0 bridgehead atoms. The summed E-state index contributed by atoms with van der Waals surface area (Å²) in [7, 11) is 0. The van der Waals surface area contributed by atoms with Gasteiger partial charge in [-0.05, 0) is 43.2 Å². The lowest BCUT2D eigenvalue weighted by molar-refractivity contribution is -0.117. The van der Waals surface area contributed by atoms with Crippen molar-refractivity contribution in [2.24, 2.45) is 0 Å². The fourth-order valence-corrected chi connectivity index (χ4v) is 2.16. The van der Waals surface area contributed by atoms with E-state index in [0.29, 0.717) is 17.8 Å². The maximum Gasteiger partial charge on any atom is 0.319 e. The summed E-state index contributed by atoms with van der Waals surface area (Å²) in [5.41, 5.74) is 2.41. The molecule has 128 valence electrons. The summed E-state index contributed by atoms with van der Waals surface area (Å²) in [6, 6.07) is 11.2. The summed E-state index contributed by atoms with van der Waals surface area (Å²) in [4.78, 5) is 28.2. The Balaban J connectivity index is 1.94. The Morgan fingerprint density at radius 2 is 2.00 bits per heavy atom. The van der Waals surface area contributed by atoms with E-state index in [4.69, 9.17) is 5.26 Å². The second kappa shape index (κ2) is 8.45. The van der Waals surface area contributed by atoms with Crippen LogP contribution in [0.15, 0.2) is 42.6 Å². The zero-order valence-corrected chi connectivity index (χ0v) is 14.0. The molecule has 1 aromatic heterocycles. The second-order valence-corrected chi connectivity index (χ2v) is 5.46. The summed E-state index contributed by atoms with van der Waals surface area (Å²) in [5, 5.41) is 16.7. The molecule has 2 rings (SSSR count). The van der Waals surface area contributed by atoms with E-state index in [0.717, 1.165) is 5.56 Å². The van der Waals surface area contributed by atoms with Crippen molar-refractivity contribution in [2.75, 3.05) is 10.6 Å². The number of carbonyl (C=O) groups is 2. The number of rotatable bonds is 5. The molecule has 2 aromatic rings. The standard InChI is InChI=1S/C18H19N5O2/c1-3-16(17(24)21-13-6-4-5-12(2)9-13)23-18(25)22-15-8-7-14(10-19)20-11-15/h4-9,11,16H,3H2,1-2H3,(H,21,24)(H2,22,23,25)/t16-/m0/s1. The van der Waals surface area contributed by atoms with E-state index >= 15 is 0 Å². The largest absolute Gasteiger partial charge is 0.326 e. The van der Waals surface area contributed by atoms with Crippen LogP contribution < -0.4 is 16.0 Å². The van der Waals surface area contributed by atoms with Crippen LogP contribution in [-0.2, 0) is 4.79 Å². The molecule has 0 aliphatic heterocycles. The van der Waals surface area contributed by atoms with Gasteiger partial charge < -0.3 is 16.0 Å². The summed E-state index contributed by atoms with van der Waals surface area (Å²) < 4.78 is 0. The number of aromatic nitrogens is 1. The van der Waals surface area contributed by atoms with Crippen LogP contribution in [0.5, 0.6) is 0 Å². The molecule has 3 amide bonds. The van der Waals surface area contributed by atoms with Gasteiger partial charge in [0, 0.05) is 5.69 Å². The van der Waals surface area contributed by atoms with Crippen molar-refractivity contribution in [2.45, 2.75) is 26.3 Å². The van der Waals surface area contributed by atoms with Crippen LogP contribution in [0.2, 0.25) is 0 Å². The molecule has 1 heterocycles. The number of urea groups is 1. The number of anilines is 2. The Hall–Kier alpha value is -3.40. The van der Waals surface area contributed by atoms with Crippen molar-refractivity contribution in [1.29, 1.82) is 5.26 Å². The minimum atomic E-state index is -0.674. The van der Waals surface area contributed by atoms with Crippen molar-refractivity contribution in [1.82, 2.24) is 10.3 Å². The number of hydrogen-bond donors (Lipinski definition) is 3. The molecule has 0 fully saturated rings. The van der Waals surface area contributed by atoms with Crippen molar-refractivity contribution in [3.63, 3.8) is 0 Å². The molecular formula is C18H19N5O2. The molecule has 0 spiro atoms. The van der Waals surface area contributed by atoms with Crippen LogP contribution in [0, 0.1) is 18.3 Å². The Labute approximate surface area is 146 Å². The van der Waals surface area contributed by atoms with Crippen LogP contribution in [0.1, 0.15) is 24.6 Å². The topological polar surface area (TPSA) is 107 Å². The molecule has 3 N–H and O–H groups in total. The van der Waals surface area contributed by atoms with E-state index < -0.39 is 12.1 Å². The minimum Gasteiger partial charge on any atom is -0.326 e. The highest BCUT2D eigenvalue weighted by molar-refractivity contribution is 5.99. The zero-order valence-electron chi connectivity index (χ0n) is 14.0. The predicted octanol–water partition coefficient (Wildman–Crippen LogP) is 2.80. The first-order chi connectivity index (χ1) is 12.0. The van der Waals surface area contributed by atoms with E-state index in [1.165, 1.54) is 12.3 Å². The normalized spacial score (nSPS) is 11.1.